The third-order valence-corrected chi connectivity index (χ3v) is 2.60. The molecule has 0 fully saturated rings. The molecule has 4 nitrogen and oxygen atoms in total. The van der Waals surface area contributed by atoms with Crippen molar-refractivity contribution in [2.45, 2.75) is 44.3 Å². The standard InChI is InChI=1S/C8H15N2.C4HF7O2/c1-3-4-5-10-7-6-9(2)8-10;5-2(6,1(12)13)3(7,8)4(9,10)11/h6-8H,3-5H2,1-2H3;(H,12,13)/q+1;/p-1. The molecule has 1 aromatic rings. The second-order valence-electron chi connectivity index (χ2n) is 4.60. The van der Waals surface area contributed by atoms with E-state index in [0.717, 1.165) is 6.54 Å². The van der Waals surface area contributed by atoms with Crippen LogP contribution in [0.3, 0.4) is 0 Å². The normalized spacial score (nSPS) is 12.6. The molecule has 0 bridgehead atoms. The Kier molecular flexibility index (Phi) is 7.04. The Hall–Kier alpha value is -1.81. The number of unbranched alkanes of at least 4 members (excludes halogenated alkanes) is 1. The van der Waals surface area contributed by atoms with Crippen LogP contribution in [0, 0.1) is 0 Å². The summed E-state index contributed by atoms with van der Waals surface area (Å²) in [5.74, 6) is -16.7. The highest BCUT2D eigenvalue weighted by Crippen LogP contribution is 2.46. The lowest BCUT2D eigenvalue weighted by atomic mass is 10.1. The van der Waals surface area contributed by atoms with Gasteiger partial charge in [-0.15, -0.1) is 0 Å². The van der Waals surface area contributed by atoms with Crippen molar-refractivity contribution in [3.05, 3.63) is 18.7 Å². The quantitative estimate of drug-likeness (QED) is 0.598. The first-order chi connectivity index (χ1) is 10.3. The highest BCUT2D eigenvalue weighted by molar-refractivity contribution is 5.74. The smallest absolute Gasteiger partial charge is 0.460 e. The van der Waals surface area contributed by atoms with Crippen LogP contribution in [-0.2, 0) is 18.4 Å². The fourth-order valence-corrected chi connectivity index (χ4v) is 1.28. The molecule has 0 saturated heterocycles. The summed E-state index contributed by atoms with van der Waals surface area (Å²) in [5, 5.41) is 9.27. The van der Waals surface area contributed by atoms with Gasteiger partial charge in [-0.25, -0.2) is 9.13 Å². The molecule has 1 heterocycles. The number of aliphatic carboxylic acids is 1. The number of carboxylic acids is 1. The minimum absolute atomic E-state index is 1.15. The van der Waals surface area contributed by atoms with Crippen LogP contribution in [0.5, 0.6) is 0 Å². The molecule has 0 radical (unpaired) electrons. The summed E-state index contributed by atoms with van der Waals surface area (Å²) >= 11 is 0. The summed E-state index contributed by atoms with van der Waals surface area (Å²) in [5.41, 5.74) is 0. The van der Waals surface area contributed by atoms with Gasteiger partial charge in [0, 0.05) is 0 Å². The van der Waals surface area contributed by atoms with Crippen molar-refractivity contribution >= 4 is 5.97 Å². The van der Waals surface area contributed by atoms with Gasteiger partial charge in [0.2, 0.25) is 6.33 Å². The molecule has 0 atom stereocenters. The number of halogens is 7. The average Bonchev–Trinajstić information content (AvgIpc) is 2.81. The number of carbonyl (C=O) groups is 1. The molecule has 0 aliphatic rings. The Morgan fingerprint density at radius 3 is 1.96 bits per heavy atom. The van der Waals surface area contributed by atoms with E-state index in [1.54, 1.807) is 0 Å². The van der Waals surface area contributed by atoms with Crippen LogP contribution in [0.1, 0.15) is 19.8 Å². The van der Waals surface area contributed by atoms with E-state index < -0.39 is 24.0 Å². The first-order valence-corrected chi connectivity index (χ1v) is 6.32. The first kappa shape index (κ1) is 21.2. The molecule has 0 spiro atoms. The van der Waals surface area contributed by atoms with Crippen LogP contribution in [0.15, 0.2) is 18.7 Å². The van der Waals surface area contributed by atoms with E-state index in [4.69, 9.17) is 0 Å². The number of nitrogens with zero attached hydrogens (tertiary/aromatic N) is 2. The molecular weight excluding hydrogens is 337 g/mol. The van der Waals surface area contributed by atoms with Crippen LogP contribution in [0.25, 0.3) is 0 Å². The summed E-state index contributed by atoms with van der Waals surface area (Å²) in [6, 6.07) is 0. The number of rotatable bonds is 5. The zero-order chi connectivity index (χ0) is 18.5. The van der Waals surface area contributed by atoms with Gasteiger partial charge >= 0.3 is 18.0 Å². The van der Waals surface area contributed by atoms with Gasteiger partial charge in [-0.3, -0.25) is 0 Å². The van der Waals surface area contributed by atoms with Crippen molar-refractivity contribution in [2.75, 3.05) is 0 Å². The summed E-state index contributed by atoms with van der Waals surface area (Å²) in [4.78, 5) is 9.27. The summed E-state index contributed by atoms with van der Waals surface area (Å²) in [6.45, 7) is 3.36. The second-order valence-corrected chi connectivity index (χ2v) is 4.60. The molecule has 0 aliphatic carbocycles. The third kappa shape index (κ3) is 5.39. The van der Waals surface area contributed by atoms with Crippen LogP contribution in [-0.4, -0.2) is 28.6 Å². The molecule has 23 heavy (non-hydrogen) atoms. The van der Waals surface area contributed by atoms with Crippen LogP contribution in [0.2, 0.25) is 0 Å². The van der Waals surface area contributed by atoms with Gasteiger partial charge in [-0.05, 0) is 6.42 Å². The van der Waals surface area contributed by atoms with Gasteiger partial charge in [0.15, 0.2) is 0 Å². The third-order valence-electron chi connectivity index (χ3n) is 2.60. The van der Waals surface area contributed by atoms with E-state index in [9.17, 15) is 40.6 Å². The zero-order valence-electron chi connectivity index (χ0n) is 12.2. The highest BCUT2D eigenvalue weighted by Gasteiger charge is 2.73. The van der Waals surface area contributed by atoms with Gasteiger partial charge in [0.25, 0.3) is 0 Å². The molecule has 0 saturated carbocycles. The predicted molar refractivity (Wildman–Crippen MR) is 61.5 cm³/mol. The Morgan fingerprint density at radius 1 is 1.17 bits per heavy atom. The molecule has 1 rings (SSSR count). The summed E-state index contributed by atoms with van der Waals surface area (Å²) in [6.07, 6.45) is 2.17. The van der Waals surface area contributed by atoms with Gasteiger partial charge in [0.1, 0.15) is 18.4 Å². The Labute approximate surface area is 127 Å². The van der Waals surface area contributed by atoms with Crippen LogP contribution in [0.4, 0.5) is 30.7 Å². The zero-order valence-corrected chi connectivity index (χ0v) is 12.2. The average molecular weight is 352 g/mol. The number of hydrogen-bond donors (Lipinski definition) is 0. The topological polar surface area (TPSA) is 48.9 Å². The largest absolute Gasteiger partial charge is 0.544 e. The molecule has 0 aromatic carbocycles. The first-order valence-electron chi connectivity index (χ1n) is 6.32. The summed E-state index contributed by atoms with van der Waals surface area (Å²) < 4.78 is 84.5. The minimum atomic E-state index is -6.64. The van der Waals surface area contributed by atoms with Crippen molar-refractivity contribution in [1.82, 2.24) is 4.57 Å². The molecule has 0 unspecified atom stereocenters. The van der Waals surface area contributed by atoms with E-state index in [-0.39, 0.29) is 0 Å². The van der Waals surface area contributed by atoms with Gasteiger partial charge in [-0.2, -0.15) is 30.7 Å². The summed E-state index contributed by atoms with van der Waals surface area (Å²) in [7, 11) is 2.04. The van der Waals surface area contributed by atoms with Gasteiger partial charge in [0.05, 0.1) is 13.6 Å². The maximum absolute atomic E-state index is 11.7. The van der Waals surface area contributed by atoms with E-state index in [1.165, 1.54) is 12.8 Å². The van der Waals surface area contributed by atoms with Crippen LogP contribution < -0.4 is 9.67 Å². The number of carbonyl (C=O) groups excluding carboxylic acids is 1. The lowest BCUT2D eigenvalue weighted by Crippen LogP contribution is -2.60. The van der Waals surface area contributed by atoms with Crippen LogP contribution >= 0.6 is 0 Å². The fourth-order valence-electron chi connectivity index (χ4n) is 1.28. The van der Waals surface area contributed by atoms with Gasteiger partial charge < -0.3 is 9.90 Å². The Morgan fingerprint density at radius 2 is 1.70 bits per heavy atom. The number of imidazole rings is 1. The lowest BCUT2D eigenvalue weighted by Gasteiger charge is -2.28. The second kappa shape index (κ2) is 7.64. The van der Waals surface area contributed by atoms with E-state index in [1.807, 2.05) is 7.05 Å². The number of hydrogen-bond acceptors (Lipinski definition) is 2. The number of aryl methyl sites for hydroxylation is 2. The molecule has 134 valence electrons. The SMILES string of the molecule is CCCCn1cc[n+](C)c1.O=C([O-])C(F)(F)C(F)(F)C(F)(F)F. The van der Waals surface area contributed by atoms with E-state index in [2.05, 4.69) is 34.8 Å². The maximum atomic E-state index is 11.7. The Bertz CT molecular complexity index is 512. The van der Waals surface area contributed by atoms with Crippen molar-refractivity contribution in [3.8, 4) is 0 Å². The minimum Gasteiger partial charge on any atom is -0.544 e. The fraction of sp³-hybridized carbons (Fsp3) is 0.667. The van der Waals surface area contributed by atoms with Gasteiger partial charge in [-0.1, -0.05) is 13.3 Å². The lowest BCUT2D eigenvalue weighted by molar-refractivity contribution is -0.671. The Balaban J connectivity index is 0.000000433. The monoisotopic (exact) mass is 352 g/mol. The number of carboxylic acid groups (broad SMARTS) is 1. The highest BCUT2D eigenvalue weighted by atomic mass is 19.4. The van der Waals surface area contributed by atoms with E-state index in [0.29, 0.717) is 0 Å². The molecule has 1 aromatic heterocycles. The van der Waals surface area contributed by atoms with Crippen molar-refractivity contribution in [3.63, 3.8) is 0 Å². The molecule has 0 N–H and O–H groups in total. The molecule has 0 amide bonds. The van der Waals surface area contributed by atoms with Crippen molar-refractivity contribution in [2.24, 2.45) is 7.05 Å². The predicted octanol–water partition coefficient (Wildman–Crippen LogP) is 1.68. The number of alkyl halides is 7. The van der Waals surface area contributed by atoms with E-state index >= 15 is 0 Å². The maximum Gasteiger partial charge on any atom is 0.460 e. The molecule has 11 heteroatoms. The van der Waals surface area contributed by atoms with Crippen molar-refractivity contribution < 1.29 is 45.2 Å². The number of aromatic nitrogens is 2. The molecular formula is C12H15F7N2O2. The van der Waals surface area contributed by atoms with Crippen molar-refractivity contribution in [1.29, 1.82) is 0 Å². The molecule has 0 aliphatic heterocycles.